The van der Waals surface area contributed by atoms with Crippen LogP contribution in [0.2, 0.25) is 0 Å². The molecule has 1 unspecified atom stereocenters. The van der Waals surface area contributed by atoms with E-state index in [0.29, 0.717) is 24.3 Å². The van der Waals surface area contributed by atoms with E-state index in [4.69, 9.17) is 19.6 Å². The Hall–Kier alpha value is -2.94. The van der Waals surface area contributed by atoms with E-state index in [0.717, 1.165) is 32.1 Å². The number of rotatable bonds is 6. The standard InChI is InChI=1S/C24H31N3O6/c1-23(2,16-8-4-3-5-9-16)24(33-22(25)30,21(29)27-12-14-31-15-13-27)19(28)20-26-17-10-6-7-11-18(17)32-20/h6-7,10-11,16H,3-5,8-9,12-15H2,1-2H3,(H2,25,30). The van der Waals surface area contributed by atoms with Crippen LogP contribution in [-0.2, 0) is 14.3 Å². The molecule has 1 aromatic heterocycles. The minimum Gasteiger partial charge on any atom is -0.434 e. The molecule has 9 nitrogen and oxygen atoms in total. The summed E-state index contributed by atoms with van der Waals surface area (Å²) in [4.78, 5) is 46.4. The maximum Gasteiger partial charge on any atom is 0.406 e. The number of aromatic nitrogens is 1. The molecule has 1 aromatic carbocycles. The highest BCUT2D eigenvalue weighted by atomic mass is 16.6. The van der Waals surface area contributed by atoms with E-state index in [1.54, 1.807) is 24.3 Å². The molecule has 2 fully saturated rings. The maximum absolute atomic E-state index is 14.2. The zero-order chi connectivity index (χ0) is 23.6. The number of para-hydroxylation sites is 2. The number of hydrogen-bond donors (Lipinski definition) is 1. The lowest BCUT2D eigenvalue weighted by Crippen LogP contribution is -2.67. The number of primary amides is 1. The lowest BCUT2D eigenvalue weighted by atomic mass is 9.60. The van der Waals surface area contributed by atoms with Crippen molar-refractivity contribution in [2.75, 3.05) is 26.3 Å². The Balaban J connectivity index is 1.88. The highest BCUT2D eigenvalue weighted by molar-refractivity contribution is 6.17. The first-order valence-electron chi connectivity index (χ1n) is 11.5. The van der Waals surface area contributed by atoms with Crippen LogP contribution in [0.5, 0.6) is 0 Å². The van der Waals surface area contributed by atoms with E-state index in [-0.39, 0.29) is 24.9 Å². The maximum atomic E-state index is 14.2. The third-order valence-electron chi connectivity index (χ3n) is 7.19. The first kappa shape index (κ1) is 23.2. The van der Waals surface area contributed by atoms with Crippen molar-refractivity contribution in [3.05, 3.63) is 30.2 Å². The van der Waals surface area contributed by atoms with Crippen LogP contribution in [0.1, 0.15) is 56.6 Å². The number of ether oxygens (including phenoxy) is 2. The van der Waals surface area contributed by atoms with Crippen LogP contribution in [0, 0.1) is 11.3 Å². The van der Waals surface area contributed by atoms with Crippen LogP contribution in [0.4, 0.5) is 4.79 Å². The molecule has 1 aliphatic carbocycles. The Bertz CT molecular complexity index is 1000. The van der Waals surface area contributed by atoms with Gasteiger partial charge in [0.15, 0.2) is 5.58 Å². The molecular weight excluding hydrogens is 426 g/mol. The quantitative estimate of drug-likeness (QED) is 0.521. The zero-order valence-electron chi connectivity index (χ0n) is 19.2. The van der Waals surface area contributed by atoms with Crippen molar-refractivity contribution in [1.29, 1.82) is 0 Å². The molecule has 1 saturated carbocycles. The number of benzene rings is 1. The van der Waals surface area contributed by atoms with Crippen molar-refractivity contribution in [2.45, 2.75) is 51.6 Å². The van der Waals surface area contributed by atoms with Gasteiger partial charge >= 0.3 is 6.09 Å². The number of nitrogens with zero attached hydrogens (tertiary/aromatic N) is 2. The van der Waals surface area contributed by atoms with Gasteiger partial charge in [-0.1, -0.05) is 45.2 Å². The molecule has 0 bridgehead atoms. The molecule has 9 heteroatoms. The molecule has 1 atom stereocenters. The molecule has 2 N–H and O–H groups in total. The molecule has 0 radical (unpaired) electrons. The number of hydrogen-bond acceptors (Lipinski definition) is 7. The molecule has 0 spiro atoms. The summed E-state index contributed by atoms with van der Waals surface area (Å²) in [5.41, 5.74) is 3.11. The molecule has 33 heavy (non-hydrogen) atoms. The molecule has 178 valence electrons. The second kappa shape index (κ2) is 9.13. The van der Waals surface area contributed by atoms with Crippen molar-refractivity contribution in [3.8, 4) is 0 Å². The van der Waals surface area contributed by atoms with Crippen LogP contribution >= 0.6 is 0 Å². The fourth-order valence-corrected chi connectivity index (χ4v) is 5.26. The summed E-state index contributed by atoms with van der Waals surface area (Å²) in [5.74, 6) is -1.70. The summed E-state index contributed by atoms with van der Waals surface area (Å²) < 4.78 is 16.8. The summed E-state index contributed by atoms with van der Waals surface area (Å²) >= 11 is 0. The fraction of sp³-hybridized carbons (Fsp3) is 0.583. The van der Waals surface area contributed by atoms with Gasteiger partial charge in [-0.05, 0) is 30.9 Å². The van der Waals surface area contributed by atoms with Crippen LogP contribution in [0.3, 0.4) is 0 Å². The predicted octanol–water partition coefficient (Wildman–Crippen LogP) is 3.31. The number of Topliss-reactive ketones (excluding diaryl/α,β-unsaturated/α-hetero) is 1. The van der Waals surface area contributed by atoms with Gasteiger partial charge in [-0.25, -0.2) is 9.78 Å². The van der Waals surface area contributed by atoms with Gasteiger partial charge in [0.2, 0.25) is 0 Å². The number of fused-ring (bicyclic) bond motifs is 1. The van der Waals surface area contributed by atoms with Crippen molar-refractivity contribution in [1.82, 2.24) is 9.88 Å². The van der Waals surface area contributed by atoms with E-state index in [1.165, 1.54) is 4.90 Å². The van der Waals surface area contributed by atoms with Crippen LogP contribution in [0.25, 0.3) is 11.1 Å². The van der Waals surface area contributed by atoms with E-state index in [9.17, 15) is 14.4 Å². The number of amides is 2. The summed E-state index contributed by atoms with van der Waals surface area (Å²) in [6.07, 6.45) is 3.48. The lowest BCUT2D eigenvalue weighted by Gasteiger charge is -2.49. The largest absolute Gasteiger partial charge is 0.434 e. The van der Waals surface area contributed by atoms with Gasteiger partial charge in [0.05, 0.1) is 13.2 Å². The number of carbonyl (C=O) groups excluding carboxylic acids is 3. The van der Waals surface area contributed by atoms with Gasteiger partial charge in [0.1, 0.15) is 5.52 Å². The van der Waals surface area contributed by atoms with Gasteiger partial charge in [-0.2, -0.15) is 0 Å². The van der Waals surface area contributed by atoms with Crippen LogP contribution in [0.15, 0.2) is 28.7 Å². The molecule has 1 aliphatic heterocycles. The van der Waals surface area contributed by atoms with Gasteiger partial charge in [-0.15, -0.1) is 0 Å². The normalized spacial score (nSPS) is 19.8. The molecule has 1 saturated heterocycles. The monoisotopic (exact) mass is 457 g/mol. The Labute approximate surface area is 192 Å². The second-order valence-electron chi connectivity index (χ2n) is 9.38. The third kappa shape index (κ3) is 4.10. The smallest absolute Gasteiger partial charge is 0.406 e. The zero-order valence-corrected chi connectivity index (χ0v) is 19.2. The first-order valence-corrected chi connectivity index (χ1v) is 11.5. The van der Waals surface area contributed by atoms with E-state index in [2.05, 4.69) is 4.98 Å². The summed E-state index contributed by atoms with van der Waals surface area (Å²) in [6.45, 7) is 4.85. The number of carbonyl (C=O) groups is 3. The van der Waals surface area contributed by atoms with Crippen molar-refractivity contribution >= 4 is 28.9 Å². The predicted molar refractivity (Wildman–Crippen MR) is 119 cm³/mol. The van der Waals surface area contributed by atoms with Gasteiger partial charge < -0.3 is 24.5 Å². The minimum absolute atomic E-state index is 0.0380. The molecule has 2 amide bonds. The summed E-state index contributed by atoms with van der Waals surface area (Å²) in [5, 5.41) is 0. The SMILES string of the molecule is CC(C)(C1CCCCC1)C(OC(N)=O)(C(=O)c1nc2ccccc2o1)C(=O)N1CCOCC1. The van der Waals surface area contributed by atoms with E-state index >= 15 is 0 Å². The van der Waals surface area contributed by atoms with E-state index < -0.39 is 28.8 Å². The Kier molecular flexibility index (Phi) is 6.43. The number of nitrogens with two attached hydrogens (primary N) is 1. The van der Waals surface area contributed by atoms with Crippen molar-refractivity contribution < 1.29 is 28.3 Å². The highest BCUT2D eigenvalue weighted by Crippen LogP contribution is 2.49. The molecule has 2 aromatic rings. The summed E-state index contributed by atoms with van der Waals surface area (Å²) in [6, 6.07) is 6.94. The average Bonchev–Trinajstić information content (AvgIpc) is 3.27. The Morgan fingerprint density at radius 3 is 2.39 bits per heavy atom. The lowest BCUT2D eigenvalue weighted by molar-refractivity contribution is -0.166. The third-order valence-corrected chi connectivity index (χ3v) is 7.19. The molecular formula is C24H31N3O6. The van der Waals surface area contributed by atoms with Crippen LogP contribution in [-0.4, -0.2) is 59.6 Å². The van der Waals surface area contributed by atoms with Crippen molar-refractivity contribution in [2.24, 2.45) is 17.1 Å². The van der Waals surface area contributed by atoms with Crippen molar-refractivity contribution in [3.63, 3.8) is 0 Å². The number of oxazole rings is 1. The topological polar surface area (TPSA) is 125 Å². The van der Waals surface area contributed by atoms with Gasteiger partial charge in [0, 0.05) is 18.5 Å². The summed E-state index contributed by atoms with van der Waals surface area (Å²) in [7, 11) is 0. The fourth-order valence-electron chi connectivity index (χ4n) is 5.26. The number of ketones is 1. The molecule has 2 heterocycles. The van der Waals surface area contributed by atoms with E-state index in [1.807, 2.05) is 13.8 Å². The molecule has 2 aliphatic rings. The highest BCUT2D eigenvalue weighted by Gasteiger charge is 2.65. The Morgan fingerprint density at radius 1 is 1.09 bits per heavy atom. The Morgan fingerprint density at radius 2 is 1.76 bits per heavy atom. The second-order valence-corrected chi connectivity index (χ2v) is 9.38. The number of morpholine rings is 1. The van der Waals surface area contributed by atoms with Crippen LogP contribution < -0.4 is 5.73 Å². The molecule has 4 rings (SSSR count). The average molecular weight is 458 g/mol. The minimum atomic E-state index is -2.21. The first-order chi connectivity index (χ1) is 15.8. The van der Waals surface area contributed by atoms with Gasteiger partial charge in [0.25, 0.3) is 23.2 Å². The van der Waals surface area contributed by atoms with Gasteiger partial charge in [-0.3, -0.25) is 9.59 Å².